The summed E-state index contributed by atoms with van der Waals surface area (Å²) in [5.41, 5.74) is 0.348. The quantitative estimate of drug-likeness (QED) is 0.906. The van der Waals surface area contributed by atoms with E-state index in [1.807, 2.05) is 9.80 Å². The third-order valence-corrected chi connectivity index (χ3v) is 4.15. The van der Waals surface area contributed by atoms with Crippen molar-refractivity contribution in [2.75, 3.05) is 42.9 Å². The number of aromatic nitrogens is 1. The van der Waals surface area contributed by atoms with Crippen molar-refractivity contribution in [1.29, 1.82) is 5.26 Å². The monoisotopic (exact) mass is 357 g/mol. The van der Waals surface area contributed by atoms with Crippen molar-refractivity contribution >= 4 is 17.4 Å². The molecule has 0 unspecified atom stereocenters. The van der Waals surface area contributed by atoms with Gasteiger partial charge in [0.15, 0.2) is 0 Å². The molecule has 1 amide bonds. The van der Waals surface area contributed by atoms with Crippen molar-refractivity contribution in [3.8, 4) is 6.07 Å². The van der Waals surface area contributed by atoms with Gasteiger partial charge in [-0.1, -0.05) is 0 Å². The number of nitrogens with zero attached hydrogens (tertiary/aromatic N) is 4. The number of nitrogens with one attached hydrogen (secondary N) is 1. The predicted molar refractivity (Wildman–Crippen MR) is 92.6 cm³/mol. The number of nitriles is 1. The molecule has 8 heteroatoms. The molecule has 6 nitrogen and oxygen atoms in total. The van der Waals surface area contributed by atoms with Crippen molar-refractivity contribution in [2.45, 2.75) is 0 Å². The van der Waals surface area contributed by atoms with Gasteiger partial charge in [0.05, 0.1) is 17.8 Å². The van der Waals surface area contributed by atoms with E-state index < -0.39 is 17.5 Å². The van der Waals surface area contributed by atoms with Gasteiger partial charge in [0, 0.05) is 38.4 Å². The first-order valence-electron chi connectivity index (χ1n) is 8.14. The molecular formula is C18H17F2N5O. The number of carbonyl (C=O) groups is 1. The van der Waals surface area contributed by atoms with Crippen molar-refractivity contribution in [1.82, 2.24) is 9.88 Å². The average molecular weight is 357 g/mol. The van der Waals surface area contributed by atoms with Gasteiger partial charge in [0.1, 0.15) is 23.5 Å². The van der Waals surface area contributed by atoms with Gasteiger partial charge in [-0.3, -0.25) is 9.69 Å². The zero-order valence-electron chi connectivity index (χ0n) is 14.0. The summed E-state index contributed by atoms with van der Waals surface area (Å²) < 4.78 is 26.7. The highest BCUT2D eigenvalue weighted by molar-refractivity contribution is 5.92. The molecule has 2 aromatic rings. The van der Waals surface area contributed by atoms with Crippen molar-refractivity contribution in [3.63, 3.8) is 0 Å². The molecule has 0 saturated carbocycles. The summed E-state index contributed by atoms with van der Waals surface area (Å²) in [4.78, 5) is 20.3. The predicted octanol–water partition coefficient (Wildman–Crippen LogP) is 1.99. The Balaban J connectivity index is 1.55. The number of hydrogen-bond acceptors (Lipinski definition) is 5. The minimum atomic E-state index is -0.677. The molecule has 0 spiro atoms. The maximum atomic E-state index is 13.6. The molecule has 1 aliphatic heterocycles. The standard InChI is InChI=1S/C18H17F2N5O/c19-14-3-4-15(20)16(10-14)23-17(26)12-24-6-8-25(9-7-24)18-13(11-21)2-1-5-22-18/h1-5,10H,6-9,12H2,(H,23,26). The van der Waals surface area contributed by atoms with Gasteiger partial charge in [-0.15, -0.1) is 0 Å². The van der Waals surface area contributed by atoms with Gasteiger partial charge in [-0.05, 0) is 24.3 Å². The van der Waals surface area contributed by atoms with E-state index in [9.17, 15) is 13.6 Å². The lowest BCUT2D eigenvalue weighted by molar-refractivity contribution is -0.117. The highest BCUT2D eigenvalue weighted by atomic mass is 19.1. The summed E-state index contributed by atoms with van der Waals surface area (Å²) in [6.45, 7) is 2.51. The zero-order chi connectivity index (χ0) is 18.5. The van der Waals surface area contributed by atoms with E-state index in [1.165, 1.54) is 0 Å². The van der Waals surface area contributed by atoms with Crippen LogP contribution >= 0.6 is 0 Å². The summed E-state index contributed by atoms with van der Waals surface area (Å²) in [6, 6.07) is 8.49. The Hall–Kier alpha value is -3.05. The van der Waals surface area contributed by atoms with Crippen molar-refractivity contribution in [2.24, 2.45) is 0 Å². The van der Waals surface area contributed by atoms with Gasteiger partial charge >= 0.3 is 0 Å². The molecule has 1 N–H and O–H groups in total. The smallest absolute Gasteiger partial charge is 0.238 e. The SMILES string of the molecule is N#Cc1cccnc1N1CCN(CC(=O)Nc2cc(F)ccc2F)CC1. The molecule has 1 aromatic carbocycles. The van der Waals surface area contributed by atoms with Crippen LogP contribution in [0, 0.1) is 23.0 Å². The first-order chi connectivity index (χ1) is 12.6. The molecule has 0 aliphatic carbocycles. The van der Waals surface area contributed by atoms with Crippen molar-refractivity contribution < 1.29 is 13.6 Å². The van der Waals surface area contributed by atoms with Gasteiger partial charge in [-0.25, -0.2) is 13.8 Å². The molecule has 1 aromatic heterocycles. The van der Waals surface area contributed by atoms with Crippen LogP contribution in [0.2, 0.25) is 0 Å². The van der Waals surface area contributed by atoms with Gasteiger partial charge in [0.25, 0.3) is 0 Å². The second-order valence-corrected chi connectivity index (χ2v) is 5.92. The van der Waals surface area contributed by atoms with E-state index in [2.05, 4.69) is 16.4 Å². The summed E-state index contributed by atoms with van der Waals surface area (Å²) in [5, 5.41) is 11.6. The fraction of sp³-hybridized carbons (Fsp3) is 0.278. The van der Waals surface area contributed by atoms with E-state index in [0.29, 0.717) is 37.6 Å². The number of benzene rings is 1. The van der Waals surface area contributed by atoms with E-state index in [-0.39, 0.29) is 12.2 Å². The Morgan fingerprint density at radius 2 is 2.00 bits per heavy atom. The molecule has 1 aliphatic rings. The van der Waals surface area contributed by atoms with Crippen LogP contribution in [0.25, 0.3) is 0 Å². The Kier molecular flexibility index (Phi) is 5.39. The number of piperazine rings is 1. The molecule has 0 bridgehead atoms. The van der Waals surface area contributed by atoms with Crippen LogP contribution in [-0.2, 0) is 4.79 Å². The van der Waals surface area contributed by atoms with Crippen LogP contribution < -0.4 is 10.2 Å². The highest BCUT2D eigenvalue weighted by Gasteiger charge is 2.22. The first-order valence-corrected chi connectivity index (χ1v) is 8.14. The van der Waals surface area contributed by atoms with Gasteiger partial charge in [-0.2, -0.15) is 5.26 Å². The normalized spacial score (nSPS) is 14.7. The lowest BCUT2D eigenvalue weighted by Gasteiger charge is -2.35. The molecule has 0 atom stereocenters. The minimum Gasteiger partial charge on any atom is -0.353 e. The Bertz CT molecular complexity index is 844. The third-order valence-electron chi connectivity index (χ3n) is 4.15. The largest absolute Gasteiger partial charge is 0.353 e. The number of pyridine rings is 1. The third kappa shape index (κ3) is 4.13. The fourth-order valence-electron chi connectivity index (χ4n) is 2.84. The molecule has 2 heterocycles. The maximum absolute atomic E-state index is 13.6. The van der Waals surface area contributed by atoms with E-state index >= 15 is 0 Å². The Morgan fingerprint density at radius 1 is 1.23 bits per heavy atom. The summed E-state index contributed by atoms with van der Waals surface area (Å²) in [6.07, 6.45) is 1.64. The van der Waals surface area contributed by atoms with Crippen LogP contribution in [-0.4, -0.2) is 48.5 Å². The van der Waals surface area contributed by atoms with Gasteiger partial charge < -0.3 is 10.2 Å². The number of amides is 1. The number of rotatable bonds is 4. The fourth-order valence-corrected chi connectivity index (χ4v) is 2.84. The zero-order valence-corrected chi connectivity index (χ0v) is 14.0. The number of hydrogen-bond donors (Lipinski definition) is 1. The second-order valence-electron chi connectivity index (χ2n) is 5.92. The Labute approximate surface area is 149 Å². The number of carbonyl (C=O) groups excluding carboxylic acids is 1. The van der Waals surface area contributed by atoms with Crippen LogP contribution in [0.5, 0.6) is 0 Å². The molecular weight excluding hydrogens is 340 g/mol. The lowest BCUT2D eigenvalue weighted by atomic mass is 10.2. The average Bonchev–Trinajstić information content (AvgIpc) is 2.65. The highest BCUT2D eigenvalue weighted by Crippen LogP contribution is 2.18. The molecule has 134 valence electrons. The van der Waals surface area contributed by atoms with E-state index in [0.717, 1.165) is 18.2 Å². The summed E-state index contributed by atoms with van der Waals surface area (Å²) in [5.74, 6) is -1.05. The molecule has 1 saturated heterocycles. The molecule has 3 rings (SSSR count). The first kappa shape index (κ1) is 17.8. The topological polar surface area (TPSA) is 72.3 Å². The second kappa shape index (κ2) is 7.89. The summed E-state index contributed by atoms with van der Waals surface area (Å²) in [7, 11) is 0. The van der Waals surface area contributed by atoms with E-state index in [4.69, 9.17) is 5.26 Å². The van der Waals surface area contributed by atoms with E-state index in [1.54, 1.807) is 18.3 Å². The van der Waals surface area contributed by atoms with Crippen LogP contribution in [0.4, 0.5) is 20.3 Å². The Morgan fingerprint density at radius 3 is 2.73 bits per heavy atom. The van der Waals surface area contributed by atoms with Crippen molar-refractivity contribution in [3.05, 3.63) is 53.7 Å². The molecule has 0 radical (unpaired) electrons. The summed E-state index contributed by atoms with van der Waals surface area (Å²) >= 11 is 0. The van der Waals surface area contributed by atoms with Gasteiger partial charge in [0.2, 0.25) is 5.91 Å². The molecule has 1 fully saturated rings. The van der Waals surface area contributed by atoms with Crippen LogP contribution in [0.1, 0.15) is 5.56 Å². The maximum Gasteiger partial charge on any atom is 0.238 e. The molecule has 26 heavy (non-hydrogen) atoms. The lowest BCUT2D eigenvalue weighted by Crippen LogP contribution is -2.49. The van der Waals surface area contributed by atoms with Crippen LogP contribution in [0.15, 0.2) is 36.5 Å². The number of halogens is 2. The number of anilines is 2. The van der Waals surface area contributed by atoms with Crippen LogP contribution in [0.3, 0.4) is 0 Å². The minimum absolute atomic E-state index is 0.0805.